The van der Waals surface area contributed by atoms with Gasteiger partial charge in [0.2, 0.25) is 0 Å². The predicted molar refractivity (Wildman–Crippen MR) is 98.9 cm³/mol. The van der Waals surface area contributed by atoms with Gasteiger partial charge in [0, 0.05) is 24.2 Å². The Hall–Kier alpha value is -2.45. The molecule has 1 amide bonds. The topological polar surface area (TPSA) is 96.4 Å². The van der Waals surface area contributed by atoms with Crippen LogP contribution in [-0.4, -0.2) is 46.8 Å². The molecule has 0 saturated heterocycles. The van der Waals surface area contributed by atoms with Crippen LogP contribution in [0, 0.1) is 19.7 Å². The lowest BCUT2D eigenvalue weighted by molar-refractivity contribution is 0.0940. The third-order valence-corrected chi connectivity index (χ3v) is 4.69. The zero-order valence-electron chi connectivity index (χ0n) is 15.0. The van der Waals surface area contributed by atoms with Crippen molar-refractivity contribution in [3.63, 3.8) is 0 Å². The van der Waals surface area contributed by atoms with Crippen molar-refractivity contribution in [2.75, 3.05) is 25.0 Å². The fourth-order valence-corrected chi connectivity index (χ4v) is 2.97. The average Bonchev–Trinajstić information content (AvgIpc) is 2.64. The molecule has 27 heavy (non-hydrogen) atoms. The lowest BCUT2D eigenvalue weighted by atomic mass is 10.1. The molecule has 1 atom stereocenters. The quantitative estimate of drug-likeness (QED) is 0.693. The van der Waals surface area contributed by atoms with Gasteiger partial charge < -0.3 is 20.5 Å². The van der Waals surface area contributed by atoms with E-state index < -0.39 is 11.9 Å². The van der Waals surface area contributed by atoms with Crippen LogP contribution >= 0.6 is 11.6 Å². The molecule has 7 nitrogen and oxygen atoms in total. The summed E-state index contributed by atoms with van der Waals surface area (Å²) in [6.07, 6.45) is -0.254. The SMILES string of the molecule is Cc1nc(NC[C@@H](O)COc2ccc(F)c(C)c2Cl)c2c(n1)C(=O)NCC2. The summed E-state index contributed by atoms with van der Waals surface area (Å²) in [4.78, 5) is 20.5. The van der Waals surface area contributed by atoms with Crippen molar-refractivity contribution < 1.29 is 19.0 Å². The smallest absolute Gasteiger partial charge is 0.270 e. The molecular weight excluding hydrogens is 375 g/mol. The third-order valence-electron chi connectivity index (χ3n) is 4.22. The Bertz CT molecular complexity index is 878. The van der Waals surface area contributed by atoms with E-state index in [4.69, 9.17) is 16.3 Å². The van der Waals surface area contributed by atoms with Gasteiger partial charge >= 0.3 is 0 Å². The van der Waals surface area contributed by atoms with Gasteiger partial charge in [-0.05, 0) is 32.4 Å². The number of nitrogens with zero attached hydrogens (tertiary/aromatic N) is 2. The van der Waals surface area contributed by atoms with Gasteiger partial charge in [-0.3, -0.25) is 4.79 Å². The van der Waals surface area contributed by atoms with Crippen molar-refractivity contribution >= 4 is 23.3 Å². The first-order valence-electron chi connectivity index (χ1n) is 8.52. The summed E-state index contributed by atoms with van der Waals surface area (Å²) in [7, 11) is 0. The van der Waals surface area contributed by atoms with Crippen LogP contribution < -0.4 is 15.4 Å². The van der Waals surface area contributed by atoms with Gasteiger partial charge in [-0.1, -0.05) is 11.6 Å². The van der Waals surface area contributed by atoms with Crippen LogP contribution in [0.3, 0.4) is 0 Å². The first-order chi connectivity index (χ1) is 12.9. The van der Waals surface area contributed by atoms with Crippen molar-refractivity contribution in [3.8, 4) is 5.75 Å². The molecule has 0 radical (unpaired) electrons. The second-order valence-corrected chi connectivity index (χ2v) is 6.66. The number of aliphatic hydroxyl groups is 1. The van der Waals surface area contributed by atoms with Crippen LogP contribution in [0.25, 0.3) is 0 Å². The summed E-state index contributed by atoms with van der Waals surface area (Å²) in [6.45, 7) is 3.89. The fraction of sp³-hybridized carbons (Fsp3) is 0.389. The minimum Gasteiger partial charge on any atom is -0.489 e. The van der Waals surface area contributed by atoms with E-state index in [9.17, 15) is 14.3 Å². The Kier molecular flexibility index (Phi) is 5.76. The highest BCUT2D eigenvalue weighted by Gasteiger charge is 2.23. The number of aromatic nitrogens is 2. The van der Waals surface area contributed by atoms with E-state index in [1.165, 1.54) is 12.1 Å². The number of aliphatic hydroxyl groups excluding tert-OH is 1. The molecule has 3 N–H and O–H groups in total. The molecule has 0 spiro atoms. The molecule has 1 aliphatic heterocycles. The molecule has 0 bridgehead atoms. The monoisotopic (exact) mass is 394 g/mol. The molecule has 9 heteroatoms. The van der Waals surface area contributed by atoms with E-state index in [-0.39, 0.29) is 24.1 Å². The maximum atomic E-state index is 13.4. The van der Waals surface area contributed by atoms with Crippen LogP contribution in [-0.2, 0) is 6.42 Å². The molecule has 0 unspecified atom stereocenters. The van der Waals surface area contributed by atoms with Crippen molar-refractivity contribution in [1.82, 2.24) is 15.3 Å². The molecule has 0 fully saturated rings. The predicted octanol–water partition coefficient (Wildman–Crippen LogP) is 2.02. The summed E-state index contributed by atoms with van der Waals surface area (Å²) in [5.41, 5.74) is 1.38. The summed E-state index contributed by atoms with van der Waals surface area (Å²) < 4.78 is 18.9. The lowest BCUT2D eigenvalue weighted by Crippen LogP contribution is -2.35. The fourth-order valence-electron chi connectivity index (χ4n) is 2.76. The Morgan fingerprint density at radius 3 is 2.96 bits per heavy atom. The van der Waals surface area contributed by atoms with E-state index >= 15 is 0 Å². The number of carbonyl (C=O) groups is 1. The number of nitrogens with one attached hydrogen (secondary N) is 2. The lowest BCUT2D eigenvalue weighted by Gasteiger charge is -2.20. The van der Waals surface area contributed by atoms with Crippen LogP contribution in [0.1, 0.15) is 27.4 Å². The number of hydrogen-bond donors (Lipinski definition) is 3. The van der Waals surface area contributed by atoms with Crippen LogP contribution in [0.2, 0.25) is 5.02 Å². The molecule has 0 aliphatic carbocycles. The van der Waals surface area contributed by atoms with E-state index in [0.29, 0.717) is 41.6 Å². The number of carbonyl (C=O) groups excluding carboxylic acids is 1. The van der Waals surface area contributed by atoms with Crippen molar-refractivity contribution in [2.45, 2.75) is 26.4 Å². The third kappa shape index (κ3) is 4.28. The first kappa shape index (κ1) is 19.3. The molecule has 1 aliphatic rings. The second kappa shape index (κ2) is 8.06. The number of rotatable bonds is 6. The maximum Gasteiger partial charge on any atom is 0.270 e. The van der Waals surface area contributed by atoms with Crippen LogP contribution in [0.15, 0.2) is 12.1 Å². The number of halogens is 2. The molecule has 1 aromatic carbocycles. The Morgan fingerprint density at radius 2 is 2.19 bits per heavy atom. The van der Waals surface area contributed by atoms with E-state index in [1.54, 1.807) is 13.8 Å². The zero-order chi connectivity index (χ0) is 19.6. The molecule has 2 heterocycles. The molecule has 1 aromatic heterocycles. The van der Waals surface area contributed by atoms with Gasteiger partial charge in [0.05, 0.1) is 5.02 Å². The molecule has 0 saturated carbocycles. The highest BCUT2D eigenvalue weighted by atomic mass is 35.5. The van der Waals surface area contributed by atoms with Crippen molar-refractivity contribution in [3.05, 3.63) is 45.6 Å². The van der Waals surface area contributed by atoms with E-state index in [1.807, 2.05) is 0 Å². The highest BCUT2D eigenvalue weighted by molar-refractivity contribution is 6.32. The average molecular weight is 395 g/mol. The van der Waals surface area contributed by atoms with Crippen molar-refractivity contribution in [1.29, 1.82) is 0 Å². The number of amides is 1. The Labute approximate surface area is 160 Å². The van der Waals surface area contributed by atoms with Gasteiger partial charge in [0.25, 0.3) is 5.91 Å². The van der Waals surface area contributed by atoms with Gasteiger partial charge in [-0.2, -0.15) is 0 Å². The standard InChI is InChI=1S/C18H20ClFN4O3/c1-9-13(20)3-4-14(15(9)19)27-8-11(25)7-22-17-12-5-6-21-18(26)16(12)23-10(2)24-17/h3-4,11,25H,5-8H2,1-2H3,(H,21,26)(H,22,23,24)/t11-/m1/s1. The molecule has 2 aromatic rings. The second-order valence-electron chi connectivity index (χ2n) is 6.28. The van der Waals surface area contributed by atoms with Crippen LogP contribution in [0.4, 0.5) is 10.2 Å². The number of benzene rings is 1. The summed E-state index contributed by atoms with van der Waals surface area (Å²) in [6, 6.07) is 2.69. The van der Waals surface area contributed by atoms with Gasteiger partial charge in [0.1, 0.15) is 41.6 Å². The highest BCUT2D eigenvalue weighted by Crippen LogP contribution is 2.29. The van der Waals surface area contributed by atoms with Gasteiger partial charge in [0.15, 0.2) is 0 Å². The zero-order valence-corrected chi connectivity index (χ0v) is 15.7. The Morgan fingerprint density at radius 1 is 1.41 bits per heavy atom. The van der Waals surface area contributed by atoms with Crippen LogP contribution in [0.5, 0.6) is 5.75 Å². The van der Waals surface area contributed by atoms with E-state index in [2.05, 4.69) is 20.6 Å². The number of hydrogen-bond acceptors (Lipinski definition) is 6. The largest absolute Gasteiger partial charge is 0.489 e. The number of aryl methyl sites for hydroxylation is 1. The number of ether oxygens (including phenoxy) is 1. The number of fused-ring (bicyclic) bond motifs is 1. The number of anilines is 1. The molecule has 144 valence electrons. The summed E-state index contributed by atoms with van der Waals surface area (Å²) in [5, 5.41) is 16.2. The van der Waals surface area contributed by atoms with Crippen molar-refractivity contribution in [2.24, 2.45) is 0 Å². The van der Waals surface area contributed by atoms with E-state index in [0.717, 1.165) is 5.56 Å². The van der Waals surface area contributed by atoms with Gasteiger partial charge in [-0.15, -0.1) is 0 Å². The minimum absolute atomic E-state index is 0.0372. The summed E-state index contributed by atoms with van der Waals surface area (Å²) >= 11 is 6.05. The minimum atomic E-state index is -0.866. The summed E-state index contributed by atoms with van der Waals surface area (Å²) in [5.74, 6) is 0.661. The normalized spacial score (nSPS) is 14.3. The molecule has 3 rings (SSSR count). The Balaban J connectivity index is 1.62. The van der Waals surface area contributed by atoms with Gasteiger partial charge in [-0.25, -0.2) is 14.4 Å². The molecular formula is C18H20ClFN4O3. The maximum absolute atomic E-state index is 13.4. The first-order valence-corrected chi connectivity index (χ1v) is 8.89.